The van der Waals surface area contributed by atoms with Crippen molar-refractivity contribution in [1.82, 2.24) is 19.7 Å². The summed E-state index contributed by atoms with van der Waals surface area (Å²) in [5, 5.41) is 11.7. The van der Waals surface area contributed by atoms with Crippen LogP contribution in [0.25, 0.3) is 11.4 Å². The topological polar surface area (TPSA) is 81.9 Å². The van der Waals surface area contributed by atoms with Gasteiger partial charge >= 0.3 is 0 Å². The summed E-state index contributed by atoms with van der Waals surface area (Å²) < 4.78 is 7.23. The molecule has 140 valence electrons. The van der Waals surface area contributed by atoms with Crippen LogP contribution in [0.4, 0.5) is 5.69 Å². The highest BCUT2D eigenvalue weighted by Gasteiger charge is 2.21. The van der Waals surface area contributed by atoms with E-state index in [4.69, 9.17) is 16.3 Å². The van der Waals surface area contributed by atoms with Gasteiger partial charge in [0.05, 0.1) is 23.6 Å². The Bertz CT molecular complexity index is 962. The van der Waals surface area contributed by atoms with Crippen LogP contribution < -0.4 is 10.1 Å². The SMILES string of the molecule is COc1ccccc1-c1nnc(S[C@@H](C)C(=O)Nc2cccnc2Cl)n1C. The van der Waals surface area contributed by atoms with Crippen LogP contribution in [0.15, 0.2) is 47.8 Å². The van der Waals surface area contributed by atoms with Crippen molar-refractivity contribution in [3.8, 4) is 17.1 Å². The molecule has 0 fully saturated rings. The van der Waals surface area contributed by atoms with Crippen molar-refractivity contribution in [1.29, 1.82) is 0 Å². The third-order valence-electron chi connectivity index (χ3n) is 3.85. The summed E-state index contributed by atoms with van der Waals surface area (Å²) in [5.41, 5.74) is 1.31. The number of hydrogen-bond acceptors (Lipinski definition) is 6. The van der Waals surface area contributed by atoms with Crippen LogP contribution >= 0.6 is 23.4 Å². The van der Waals surface area contributed by atoms with Crippen LogP contribution in [0.1, 0.15) is 6.92 Å². The Balaban J connectivity index is 1.75. The standard InChI is InChI=1S/C18H18ClN5O2S/c1-11(17(25)21-13-8-6-10-20-15(13)19)27-18-23-22-16(24(18)2)12-7-4-5-9-14(12)26-3/h4-11H,1-3H3,(H,21,25)/t11-/m0/s1. The number of halogens is 1. The Morgan fingerprint density at radius 2 is 2.04 bits per heavy atom. The fourth-order valence-electron chi connectivity index (χ4n) is 2.41. The molecular formula is C18H18ClN5O2S. The average molecular weight is 404 g/mol. The molecule has 7 nitrogen and oxygen atoms in total. The number of pyridine rings is 1. The van der Waals surface area contributed by atoms with Crippen LogP contribution in [0.2, 0.25) is 5.15 Å². The molecule has 1 N–H and O–H groups in total. The number of ether oxygens (including phenoxy) is 1. The summed E-state index contributed by atoms with van der Waals surface area (Å²) in [5.74, 6) is 1.18. The normalized spacial score (nSPS) is 11.9. The van der Waals surface area contributed by atoms with Gasteiger partial charge in [-0.05, 0) is 31.2 Å². The highest BCUT2D eigenvalue weighted by molar-refractivity contribution is 8.00. The van der Waals surface area contributed by atoms with E-state index in [0.717, 1.165) is 5.56 Å². The highest BCUT2D eigenvalue weighted by Crippen LogP contribution is 2.31. The lowest BCUT2D eigenvalue weighted by molar-refractivity contribution is -0.115. The first kappa shape index (κ1) is 19.2. The second-order valence-corrected chi connectivity index (χ2v) is 7.32. The van der Waals surface area contributed by atoms with Crippen molar-refractivity contribution in [3.63, 3.8) is 0 Å². The van der Waals surface area contributed by atoms with E-state index in [-0.39, 0.29) is 11.1 Å². The van der Waals surface area contributed by atoms with Crippen LogP contribution in [-0.2, 0) is 11.8 Å². The first-order valence-corrected chi connectivity index (χ1v) is 9.38. The summed E-state index contributed by atoms with van der Waals surface area (Å²) in [7, 11) is 3.47. The molecule has 0 saturated heterocycles. The minimum atomic E-state index is -0.408. The molecule has 1 aromatic carbocycles. The number of nitrogens with one attached hydrogen (secondary N) is 1. The Hall–Kier alpha value is -2.58. The number of carbonyl (C=O) groups is 1. The number of amides is 1. The van der Waals surface area contributed by atoms with Gasteiger partial charge in [-0.15, -0.1) is 10.2 Å². The Morgan fingerprint density at radius 3 is 2.78 bits per heavy atom. The molecule has 0 spiro atoms. The van der Waals surface area contributed by atoms with E-state index in [0.29, 0.717) is 22.4 Å². The van der Waals surface area contributed by atoms with E-state index >= 15 is 0 Å². The fraction of sp³-hybridized carbons (Fsp3) is 0.222. The molecule has 3 rings (SSSR count). The third-order valence-corrected chi connectivity index (χ3v) is 5.29. The minimum absolute atomic E-state index is 0.197. The van der Waals surface area contributed by atoms with E-state index in [1.807, 2.05) is 35.9 Å². The maximum Gasteiger partial charge on any atom is 0.237 e. The number of aromatic nitrogens is 4. The monoisotopic (exact) mass is 403 g/mol. The lowest BCUT2D eigenvalue weighted by atomic mass is 10.2. The lowest BCUT2D eigenvalue weighted by Gasteiger charge is -2.12. The van der Waals surface area contributed by atoms with Gasteiger partial charge in [-0.3, -0.25) is 4.79 Å². The Kier molecular flexibility index (Phi) is 5.98. The first-order chi connectivity index (χ1) is 13.0. The van der Waals surface area contributed by atoms with Crippen molar-refractivity contribution < 1.29 is 9.53 Å². The van der Waals surface area contributed by atoms with Gasteiger partial charge in [0.2, 0.25) is 5.91 Å². The molecule has 1 atom stereocenters. The molecular weight excluding hydrogens is 386 g/mol. The van der Waals surface area contributed by atoms with Crippen molar-refractivity contribution in [2.24, 2.45) is 7.05 Å². The molecule has 9 heteroatoms. The number of para-hydroxylation sites is 1. The predicted octanol–water partition coefficient (Wildman–Crippen LogP) is 3.66. The van der Waals surface area contributed by atoms with Crippen molar-refractivity contribution >= 4 is 35.0 Å². The Morgan fingerprint density at radius 1 is 1.26 bits per heavy atom. The van der Waals surface area contributed by atoms with E-state index in [2.05, 4.69) is 20.5 Å². The zero-order valence-corrected chi connectivity index (χ0v) is 16.6. The summed E-state index contributed by atoms with van der Waals surface area (Å²) >= 11 is 7.29. The molecule has 0 aliphatic rings. The molecule has 0 aliphatic heterocycles. The molecule has 3 aromatic rings. The number of benzene rings is 1. The van der Waals surface area contributed by atoms with Gasteiger partial charge in [0.1, 0.15) is 5.75 Å². The zero-order valence-electron chi connectivity index (χ0n) is 15.0. The number of thioether (sulfide) groups is 1. The maximum atomic E-state index is 12.5. The molecule has 0 aliphatic carbocycles. The number of hydrogen-bond donors (Lipinski definition) is 1. The van der Waals surface area contributed by atoms with Crippen LogP contribution in [-0.4, -0.2) is 38.0 Å². The molecule has 0 radical (unpaired) electrons. The molecule has 27 heavy (non-hydrogen) atoms. The van der Waals surface area contributed by atoms with E-state index in [1.165, 1.54) is 11.8 Å². The number of rotatable bonds is 6. The maximum absolute atomic E-state index is 12.5. The molecule has 1 amide bonds. The van der Waals surface area contributed by atoms with E-state index in [9.17, 15) is 4.79 Å². The third kappa shape index (κ3) is 4.23. The molecule has 0 saturated carbocycles. The summed E-state index contributed by atoms with van der Waals surface area (Å²) in [6, 6.07) is 11.0. The summed E-state index contributed by atoms with van der Waals surface area (Å²) in [6.45, 7) is 1.79. The summed E-state index contributed by atoms with van der Waals surface area (Å²) in [6.07, 6.45) is 1.56. The fourth-order valence-corrected chi connectivity index (χ4v) is 3.39. The van der Waals surface area contributed by atoms with Gasteiger partial charge in [0.25, 0.3) is 0 Å². The van der Waals surface area contributed by atoms with Crippen LogP contribution in [0.5, 0.6) is 5.75 Å². The summed E-state index contributed by atoms with van der Waals surface area (Å²) in [4.78, 5) is 16.4. The van der Waals surface area contributed by atoms with Gasteiger partial charge in [-0.25, -0.2) is 4.98 Å². The van der Waals surface area contributed by atoms with E-state index in [1.54, 1.807) is 32.4 Å². The average Bonchev–Trinajstić information content (AvgIpc) is 3.03. The molecule has 2 aromatic heterocycles. The predicted molar refractivity (Wildman–Crippen MR) is 106 cm³/mol. The van der Waals surface area contributed by atoms with Gasteiger partial charge in [-0.1, -0.05) is 35.5 Å². The van der Waals surface area contributed by atoms with Gasteiger partial charge in [0.15, 0.2) is 16.1 Å². The van der Waals surface area contributed by atoms with Crippen molar-refractivity contribution in [2.75, 3.05) is 12.4 Å². The second kappa shape index (κ2) is 8.41. The number of methoxy groups -OCH3 is 1. The lowest BCUT2D eigenvalue weighted by Crippen LogP contribution is -2.23. The minimum Gasteiger partial charge on any atom is -0.496 e. The van der Waals surface area contributed by atoms with Crippen molar-refractivity contribution in [3.05, 3.63) is 47.7 Å². The number of nitrogens with zero attached hydrogens (tertiary/aromatic N) is 4. The highest BCUT2D eigenvalue weighted by atomic mass is 35.5. The molecule has 0 unspecified atom stereocenters. The first-order valence-electron chi connectivity index (χ1n) is 8.12. The van der Waals surface area contributed by atoms with Gasteiger partial charge in [-0.2, -0.15) is 0 Å². The number of carbonyl (C=O) groups excluding carboxylic acids is 1. The second-order valence-electron chi connectivity index (χ2n) is 5.66. The Labute approximate surface area is 166 Å². The van der Waals surface area contributed by atoms with Crippen molar-refractivity contribution in [2.45, 2.75) is 17.3 Å². The smallest absolute Gasteiger partial charge is 0.237 e. The van der Waals surface area contributed by atoms with Crippen LogP contribution in [0.3, 0.4) is 0 Å². The van der Waals surface area contributed by atoms with Gasteiger partial charge in [0, 0.05) is 13.2 Å². The van der Waals surface area contributed by atoms with E-state index < -0.39 is 5.25 Å². The zero-order chi connectivity index (χ0) is 19.4. The number of anilines is 1. The molecule has 2 heterocycles. The quantitative estimate of drug-likeness (QED) is 0.499. The van der Waals surface area contributed by atoms with Crippen LogP contribution in [0, 0.1) is 0 Å². The molecule has 0 bridgehead atoms. The largest absolute Gasteiger partial charge is 0.496 e. The van der Waals surface area contributed by atoms with Gasteiger partial charge < -0.3 is 14.6 Å².